The molecule has 0 bridgehead atoms. The zero-order valence-corrected chi connectivity index (χ0v) is 11.0. The predicted molar refractivity (Wildman–Crippen MR) is 64.8 cm³/mol. The minimum absolute atomic E-state index is 0.168. The third-order valence-electron chi connectivity index (χ3n) is 3.71. The minimum Gasteiger partial charge on any atom is -0.268 e. The van der Waals surface area contributed by atoms with Crippen LogP contribution in [0.4, 0.5) is 0 Å². The van der Waals surface area contributed by atoms with Crippen molar-refractivity contribution in [2.24, 2.45) is 0 Å². The summed E-state index contributed by atoms with van der Waals surface area (Å²) in [5.41, 5.74) is -0.335. The fourth-order valence-corrected chi connectivity index (χ4v) is 3.12. The zero-order chi connectivity index (χ0) is 12.8. The predicted octanol–water partition coefficient (Wildman–Crippen LogP) is 1.87. The van der Waals surface area contributed by atoms with Crippen LogP contribution < -0.4 is 0 Å². The van der Waals surface area contributed by atoms with Crippen LogP contribution in [0.5, 0.6) is 0 Å². The molecule has 1 fully saturated rings. The molecule has 0 aromatic carbocycles. The lowest BCUT2D eigenvalue weighted by Crippen LogP contribution is -2.66. The first-order chi connectivity index (χ1) is 7.76. The molecule has 0 aliphatic carbocycles. The van der Waals surface area contributed by atoms with E-state index in [9.17, 15) is 9.59 Å². The van der Waals surface area contributed by atoms with Gasteiger partial charge in [-0.25, -0.2) is 5.01 Å². The number of imide groups is 1. The molecule has 2 aliphatic rings. The molecular weight excluding hydrogens is 216 g/mol. The van der Waals surface area contributed by atoms with E-state index >= 15 is 0 Å². The molecule has 4 heteroatoms. The summed E-state index contributed by atoms with van der Waals surface area (Å²) in [4.78, 5) is 23.7. The summed E-state index contributed by atoms with van der Waals surface area (Å²) >= 11 is 0. The molecule has 2 rings (SSSR count). The van der Waals surface area contributed by atoms with Crippen molar-refractivity contribution in [1.29, 1.82) is 0 Å². The molecule has 1 saturated heterocycles. The van der Waals surface area contributed by atoms with Crippen molar-refractivity contribution in [2.75, 3.05) is 0 Å². The van der Waals surface area contributed by atoms with E-state index in [1.807, 2.05) is 5.01 Å². The van der Waals surface area contributed by atoms with Crippen LogP contribution in [-0.4, -0.2) is 32.9 Å². The number of rotatable bonds is 1. The van der Waals surface area contributed by atoms with Gasteiger partial charge < -0.3 is 0 Å². The number of carbonyl (C=O) groups is 2. The number of carbonyl (C=O) groups excluding carboxylic acids is 2. The third-order valence-corrected chi connectivity index (χ3v) is 3.71. The molecule has 0 aromatic heterocycles. The number of hydrazine groups is 1. The Morgan fingerprint density at radius 3 is 1.76 bits per heavy atom. The van der Waals surface area contributed by atoms with E-state index in [4.69, 9.17) is 0 Å². The quantitative estimate of drug-likeness (QED) is 0.653. The Bertz CT molecular complexity index is 362. The van der Waals surface area contributed by atoms with E-state index in [-0.39, 0.29) is 22.9 Å². The van der Waals surface area contributed by atoms with Gasteiger partial charge in [-0.2, -0.15) is 5.01 Å². The second-order valence-corrected chi connectivity index (χ2v) is 6.11. The van der Waals surface area contributed by atoms with E-state index in [2.05, 4.69) is 27.7 Å². The van der Waals surface area contributed by atoms with Gasteiger partial charge in [-0.1, -0.05) is 0 Å². The third kappa shape index (κ3) is 1.90. The highest BCUT2D eigenvalue weighted by Gasteiger charge is 2.48. The van der Waals surface area contributed by atoms with E-state index in [0.29, 0.717) is 0 Å². The van der Waals surface area contributed by atoms with E-state index in [1.54, 1.807) is 0 Å². The number of amides is 2. The van der Waals surface area contributed by atoms with E-state index in [0.717, 1.165) is 19.3 Å². The standard InChI is InChI=1S/C13H20N2O2/c1-12(2)8-5-9-13(3,4)15(12)14-10(16)6-7-11(14)17/h6-7H,5,8-9H2,1-4H3. The van der Waals surface area contributed by atoms with Gasteiger partial charge in [-0.3, -0.25) is 9.59 Å². The van der Waals surface area contributed by atoms with Crippen LogP contribution in [0.15, 0.2) is 12.2 Å². The van der Waals surface area contributed by atoms with Crippen molar-refractivity contribution < 1.29 is 9.59 Å². The van der Waals surface area contributed by atoms with Crippen LogP contribution >= 0.6 is 0 Å². The number of nitrogens with zero attached hydrogens (tertiary/aromatic N) is 2. The molecule has 4 nitrogen and oxygen atoms in total. The van der Waals surface area contributed by atoms with Crippen LogP contribution in [0.3, 0.4) is 0 Å². The summed E-state index contributed by atoms with van der Waals surface area (Å²) < 4.78 is 0. The van der Waals surface area contributed by atoms with Crippen LogP contribution in [0.1, 0.15) is 47.0 Å². The van der Waals surface area contributed by atoms with Crippen LogP contribution in [0.25, 0.3) is 0 Å². The van der Waals surface area contributed by atoms with Gasteiger partial charge in [0.1, 0.15) is 0 Å². The lowest BCUT2D eigenvalue weighted by Gasteiger charge is -2.55. The smallest absolute Gasteiger partial charge is 0.268 e. The van der Waals surface area contributed by atoms with Gasteiger partial charge in [0.05, 0.1) is 0 Å². The summed E-state index contributed by atoms with van der Waals surface area (Å²) in [7, 11) is 0. The zero-order valence-electron chi connectivity index (χ0n) is 11.0. The van der Waals surface area contributed by atoms with Crippen molar-refractivity contribution in [3.05, 3.63) is 12.2 Å². The Morgan fingerprint density at radius 2 is 1.35 bits per heavy atom. The Labute approximate surface area is 102 Å². The van der Waals surface area contributed by atoms with Gasteiger partial charge in [0, 0.05) is 23.2 Å². The molecule has 0 radical (unpaired) electrons. The Balaban J connectivity index is 2.39. The molecule has 0 atom stereocenters. The molecule has 2 aliphatic heterocycles. The van der Waals surface area contributed by atoms with Crippen LogP contribution in [0, 0.1) is 0 Å². The number of hydrogen-bond donors (Lipinski definition) is 0. The summed E-state index contributed by atoms with van der Waals surface area (Å²) in [6.07, 6.45) is 5.81. The molecule has 94 valence electrons. The maximum absolute atomic E-state index is 11.8. The Hall–Kier alpha value is -1.16. The Kier molecular flexibility index (Phi) is 2.65. The van der Waals surface area contributed by atoms with Crippen LogP contribution in [0.2, 0.25) is 0 Å². The number of piperidine rings is 1. The van der Waals surface area contributed by atoms with Crippen molar-refractivity contribution in [1.82, 2.24) is 10.0 Å². The van der Waals surface area contributed by atoms with Crippen molar-refractivity contribution in [3.8, 4) is 0 Å². The highest BCUT2D eigenvalue weighted by molar-refractivity contribution is 6.12. The topological polar surface area (TPSA) is 40.6 Å². The highest BCUT2D eigenvalue weighted by atomic mass is 16.2. The molecule has 0 unspecified atom stereocenters. The average molecular weight is 236 g/mol. The maximum atomic E-state index is 11.8. The van der Waals surface area contributed by atoms with Gasteiger partial charge in [0.2, 0.25) is 0 Å². The Morgan fingerprint density at radius 1 is 0.941 bits per heavy atom. The molecule has 0 N–H and O–H groups in total. The lowest BCUT2D eigenvalue weighted by atomic mass is 9.81. The molecule has 0 aromatic rings. The monoisotopic (exact) mass is 236 g/mol. The highest BCUT2D eigenvalue weighted by Crippen LogP contribution is 2.40. The first-order valence-electron chi connectivity index (χ1n) is 6.12. The fraction of sp³-hybridized carbons (Fsp3) is 0.692. The van der Waals surface area contributed by atoms with E-state index in [1.165, 1.54) is 17.2 Å². The van der Waals surface area contributed by atoms with Gasteiger partial charge in [0.25, 0.3) is 11.8 Å². The average Bonchev–Trinajstić information content (AvgIpc) is 2.46. The first-order valence-corrected chi connectivity index (χ1v) is 6.12. The maximum Gasteiger partial charge on any atom is 0.268 e. The summed E-state index contributed by atoms with van der Waals surface area (Å²) in [5.74, 6) is -0.448. The minimum atomic E-state index is -0.224. The molecular formula is C13H20N2O2. The fourth-order valence-electron chi connectivity index (χ4n) is 3.12. The van der Waals surface area contributed by atoms with Gasteiger partial charge in [-0.15, -0.1) is 0 Å². The van der Waals surface area contributed by atoms with Gasteiger partial charge >= 0.3 is 0 Å². The van der Waals surface area contributed by atoms with Crippen LogP contribution in [-0.2, 0) is 9.59 Å². The molecule has 2 heterocycles. The molecule has 0 saturated carbocycles. The normalized spacial score (nSPS) is 27.9. The lowest BCUT2D eigenvalue weighted by molar-refractivity contribution is -0.193. The van der Waals surface area contributed by atoms with Crippen molar-refractivity contribution >= 4 is 11.8 Å². The summed E-state index contributed by atoms with van der Waals surface area (Å²) in [6, 6.07) is 0. The second kappa shape index (κ2) is 3.67. The molecule has 17 heavy (non-hydrogen) atoms. The summed E-state index contributed by atoms with van der Waals surface area (Å²) in [6.45, 7) is 8.36. The van der Waals surface area contributed by atoms with Gasteiger partial charge in [0.15, 0.2) is 0 Å². The summed E-state index contributed by atoms with van der Waals surface area (Å²) in [5, 5.41) is 3.27. The van der Waals surface area contributed by atoms with E-state index < -0.39 is 0 Å². The largest absolute Gasteiger partial charge is 0.268 e. The molecule has 2 amide bonds. The second-order valence-electron chi connectivity index (χ2n) is 6.11. The van der Waals surface area contributed by atoms with Crippen molar-refractivity contribution in [2.45, 2.75) is 58.0 Å². The number of hydrogen-bond acceptors (Lipinski definition) is 3. The SMILES string of the molecule is CC1(C)CCCC(C)(C)N1N1C(=O)C=CC1=O. The van der Waals surface area contributed by atoms with Crippen molar-refractivity contribution in [3.63, 3.8) is 0 Å². The van der Waals surface area contributed by atoms with Gasteiger partial charge in [-0.05, 0) is 47.0 Å². The molecule has 0 spiro atoms. The first kappa shape index (κ1) is 12.3.